The molecule has 132 valence electrons. The van der Waals surface area contributed by atoms with Gasteiger partial charge in [0.1, 0.15) is 24.5 Å². The van der Waals surface area contributed by atoms with Crippen molar-refractivity contribution in [3.63, 3.8) is 0 Å². The number of aliphatic hydroxyl groups is 1. The molecule has 3 rings (SSSR count). The van der Waals surface area contributed by atoms with Crippen LogP contribution in [0.4, 0.5) is 4.39 Å². The third-order valence-electron chi connectivity index (χ3n) is 4.15. The van der Waals surface area contributed by atoms with Crippen LogP contribution in [0.3, 0.4) is 0 Å². The fraction of sp³-hybridized carbons (Fsp3) is 0.400. The summed E-state index contributed by atoms with van der Waals surface area (Å²) in [6.07, 6.45) is -0.722. The second-order valence-electron chi connectivity index (χ2n) is 5.79. The van der Waals surface area contributed by atoms with Gasteiger partial charge in [-0.25, -0.2) is 9.18 Å². The van der Waals surface area contributed by atoms with Gasteiger partial charge in [-0.1, -0.05) is 0 Å². The van der Waals surface area contributed by atoms with Crippen LogP contribution in [0.25, 0.3) is 10.9 Å². The van der Waals surface area contributed by atoms with Crippen LogP contribution in [-0.2, 0) is 16.1 Å². The zero-order valence-corrected chi connectivity index (χ0v) is 13.2. The van der Waals surface area contributed by atoms with Crippen LogP contribution in [0.1, 0.15) is 17.4 Å². The van der Waals surface area contributed by atoms with Gasteiger partial charge in [-0.2, -0.15) is 5.10 Å². The number of aromatic nitrogens is 3. The second-order valence-corrected chi connectivity index (χ2v) is 5.79. The van der Waals surface area contributed by atoms with Gasteiger partial charge in [0.05, 0.1) is 18.3 Å². The van der Waals surface area contributed by atoms with Gasteiger partial charge in [-0.05, 0) is 6.07 Å². The Morgan fingerprint density at radius 1 is 1.40 bits per heavy atom. The van der Waals surface area contributed by atoms with E-state index in [9.17, 15) is 23.9 Å². The molecule has 1 aliphatic heterocycles. The van der Waals surface area contributed by atoms with E-state index in [4.69, 9.17) is 5.11 Å². The molecule has 10 heteroatoms. The van der Waals surface area contributed by atoms with E-state index in [1.54, 1.807) is 6.07 Å². The highest BCUT2D eigenvalue weighted by molar-refractivity contribution is 6.04. The number of pyridine rings is 1. The standard InChI is InChI=1S/C15H15FN4O5/c1-7(21)12-8-2-3-17-4-10(8)20(18-12)6-11(22)19-5-9(16)14(23)13(19)15(24)25/h2-4,9,13-14,23H,5-6H2,1H3,(H,24,25)/t9-,13-,14+/m0/s1. The topological polar surface area (TPSA) is 126 Å². The van der Waals surface area contributed by atoms with Crippen molar-refractivity contribution in [1.82, 2.24) is 19.7 Å². The molecule has 0 spiro atoms. The molecule has 0 saturated carbocycles. The third-order valence-corrected chi connectivity index (χ3v) is 4.15. The zero-order chi connectivity index (χ0) is 18.3. The highest BCUT2D eigenvalue weighted by atomic mass is 19.1. The number of halogens is 1. The van der Waals surface area contributed by atoms with E-state index < -0.39 is 43.3 Å². The van der Waals surface area contributed by atoms with Crippen LogP contribution in [-0.4, -0.2) is 72.4 Å². The largest absolute Gasteiger partial charge is 0.480 e. The van der Waals surface area contributed by atoms with Gasteiger partial charge in [0.15, 0.2) is 11.8 Å². The summed E-state index contributed by atoms with van der Waals surface area (Å²) in [7, 11) is 0. The van der Waals surface area contributed by atoms with Gasteiger partial charge in [0.2, 0.25) is 5.91 Å². The highest BCUT2D eigenvalue weighted by Gasteiger charge is 2.47. The smallest absolute Gasteiger partial charge is 0.329 e. The number of ketones is 1. The normalized spacial score (nSPS) is 23.2. The van der Waals surface area contributed by atoms with Gasteiger partial charge in [-0.15, -0.1) is 0 Å². The maximum atomic E-state index is 13.7. The number of hydrogen-bond donors (Lipinski definition) is 2. The van der Waals surface area contributed by atoms with Gasteiger partial charge in [0, 0.05) is 18.5 Å². The van der Waals surface area contributed by atoms with E-state index in [0.29, 0.717) is 10.9 Å². The Morgan fingerprint density at radius 3 is 2.76 bits per heavy atom. The minimum absolute atomic E-state index is 0.157. The molecule has 0 radical (unpaired) electrons. The fourth-order valence-electron chi connectivity index (χ4n) is 2.95. The number of fused-ring (bicyclic) bond motifs is 1. The van der Waals surface area contributed by atoms with Gasteiger partial charge >= 0.3 is 5.97 Å². The highest BCUT2D eigenvalue weighted by Crippen LogP contribution is 2.23. The summed E-state index contributed by atoms with van der Waals surface area (Å²) in [5.41, 5.74) is 0.578. The van der Waals surface area contributed by atoms with E-state index in [1.807, 2.05) is 0 Å². The Balaban J connectivity index is 1.92. The summed E-state index contributed by atoms with van der Waals surface area (Å²) >= 11 is 0. The van der Waals surface area contributed by atoms with Crippen molar-refractivity contribution >= 4 is 28.6 Å². The zero-order valence-electron chi connectivity index (χ0n) is 13.2. The van der Waals surface area contributed by atoms with Crippen molar-refractivity contribution in [2.75, 3.05) is 6.54 Å². The van der Waals surface area contributed by atoms with E-state index in [0.717, 1.165) is 4.90 Å². The Kier molecular flexibility index (Phi) is 4.21. The Bertz CT molecular complexity index is 867. The molecule has 1 aliphatic rings. The molecule has 25 heavy (non-hydrogen) atoms. The first-order valence-corrected chi connectivity index (χ1v) is 7.47. The summed E-state index contributed by atoms with van der Waals surface area (Å²) in [6.45, 7) is 0.409. The lowest BCUT2D eigenvalue weighted by Gasteiger charge is -2.22. The number of Topliss-reactive ketones (excluding diaryl/α,β-unsaturated/α-hetero) is 1. The average molecular weight is 350 g/mol. The van der Waals surface area contributed by atoms with Gasteiger partial charge in [0.25, 0.3) is 0 Å². The summed E-state index contributed by atoms with van der Waals surface area (Å²) < 4.78 is 14.9. The molecule has 9 nitrogen and oxygen atoms in total. The van der Waals surface area contributed by atoms with Crippen molar-refractivity contribution in [1.29, 1.82) is 0 Å². The number of rotatable bonds is 4. The quantitative estimate of drug-likeness (QED) is 0.721. The lowest BCUT2D eigenvalue weighted by atomic mass is 10.1. The van der Waals surface area contributed by atoms with Crippen molar-refractivity contribution in [2.24, 2.45) is 0 Å². The first kappa shape index (κ1) is 17.0. The molecule has 0 aliphatic carbocycles. The Hall–Kier alpha value is -2.88. The summed E-state index contributed by atoms with van der Waals surface area (Å²) in [5, 5.41) is 23.4. The molecule has 1 amide bonds. The molecule has 3 heterocycles. The molecular formula is C15H15FN4O5. The second kappa shape index (κ2) is 6.20. The summed E-state index contributed by atoms with van der Waals surface area (Å²) in [6, 6.07) is -0.0770. The van der Waals surface area contributed by atoms with Crippen LogP contribution in [0, 0.1) is 0 Å². The Labute approximate surface area is 140 Å². The summed E-state index contributed by atoms with van der Waals surface area (Å²) in [5.74, 6) is -2.52. The number of aliphatic carboxylic acids is 1. The molecule has 2 N–H and O–H groups in total. The van der Waals surface area contributed by atoms with E-state index in [1.165, 1.54) is 24.0 Å². The van der Waals surface area contributed by atoms with Crippen molar-refractivity contribution in [2.45, 2.75) is 31.8 Å². The SMILES string of the molecule is CC(=O)c1nn(CC(=O)N2C[C@H](F)[C@@H](O)[C@H]2C(=O)O)c2cnccc12. The van der Waals surface area contributed by atoms with E-state index >= 15 is 0 Å². The van der Waals surface area contributed by atoms with E-state index in [-0.39, 0.29) is 11.5 Å². The van der Waals surface area contributed by atoms with Crippen molar-refractivity contribution in [3.05, 3.63) is 24.2 Å². The number of aliphatic hydroxyl groups excluding tert-OH is 1. The first-order chi connectivity index (χ1) is 11.8. The molecule has 0 aromatic carbocycles. The number of amides is 1. The van der Waals surface area contributed by atoms with Crippen LogP contribution in [0.15, 0.2) is 18.5 Å². The molecule has 2 aromatic heterocycles. The molecule has 0 unspecified atom stereocenters. The maximum absolute atomic E-state index is 13.7. The minimum atomic E-state index is -1.84. The molecule has 1 saturated heterocycles. The van der Waals surface area contributed by atoms with E-state index in [2.05, 4.69) is 10.1 Å². The lowest BCUT2D eigenvalue weighted by Crippen LogP contribution is -2.46. The Morgan fingerprint density at radius 2 is 2.12 bits per heavy atom. The molecule has 3 atom stereocenters. The van der Waals surface area contributed by atoms with Crippen LogP contribution >= 0.6 is 0 Å². The number of hydrogen-bond acceptors (Lipinski definition) is 6. The predicted octanol–water partition coefficient (Wildman–Crippen LogP) is -0.372. The average Bonchev–Trinajstić information content (AvgIpc) is 3.06. The number of likely N-dealkylation sites (tertiary alicyclic amines) is 1. The van der Waals surface area contributed by atoms with Gasteiger partial charge in [-0.3, -0.25) is 19.3 Å². The van der Waals surface area contributed by atoms with Crippen molar-refractivity contribution < 1.29 is 29.0 Å². The molecular weight excluding hydrogens is 335 g/mol. The summed E-state index contributed by atoms with van der Waals surface area (Å²) in [4.78, 5) is 40.1. The molecule has 0 bridgehead atoms. The first-order valence-electron chi connectivity index (χ1n) is 7.47. The maximum Gasteiger partial charge on any atom is 0.329 e. The monoisotopic (exact) mass is 350 g/mol. The molecule has 2 aromatic rings. The lowest BCUT2D eigenvalue weighted by molar-refractivity contribution is -0.151. The van der Waals surface area contributed by atoms with Crippen LogP contribution < -0.4 is 0 Å². The van der Waals surface area contributed by atoms with Crippen LogP contribution in [0.2, 0.25) is 0 Å². The number of carboxylic acid groups (broad SMARTS) is 1. The predicted molar refractivity (Wildman–Crippen MR) is 81.6 cm³/mol. The number of nitrogens with zero attached hydrogens (tertiary/aromatic N) is 4. The minimum Gasteiger partial charge on any atom is -0.480 e. The fourth-order valence-corrected chi connectivity index (χ4v) is 2.95. The van der Waals surface area contributed by atoms with Crippen LogP contribution in [0.5, 0.6) is 0 Å². The number of alkyl halides is 1. The number of carbonyl (C=O) groups is 3. The molecule has 1 fully saturated rings. The number of carbonyl (C=O) groups excluding carboxylic acids is 2. The number of carboxylic acids is 1. The van der Waals surface area contributed by atoms with Crippen molar-refractivity contribution in [3.8, 4) is 0 Å². The third kappa shape index (κ3) is 2.84. The van der Waals surface area contributed by atoms with Gasteiger partial charge < -0.3 is 15.1 Å².